The number of rotatable bonds is 31. The third-order valence-corrected chi connectivity index (χ3v) is 11.7. The van der Waals surface area contributed by atoms with Gasteiger partial charge in [-0.05, 0) is 77.2 Å². The van der Waals surface area contributed by atoms with Gasteiger partial charge in [-0.2, -0.15) is 0 Å². The SMILES string of the molecule is CC/C=C\C/C=C\C/C=C\C/C=C\C/C=C\C/C=C\CCC(=O)N[C@@H](CSSC(C)(C)[C@H](CC(=O)CCCc1ccccc1)C(=O)NC[C@@H](O)CO)C(N)=O. The minimum atomic E-state index is -1.12. The number of carbonyl (C=O) groups is 4. The maximum atomic E-state index is 13.3. The lowest BCUT2D eigenvalue weighted by molar-refractivity contribution is -0.130. The first-order valence-corrected chi connectivity index (χ1v) is 21.7. The summed E-state index contributed by atoms with van der Waals surface area (Å²) in [5.74, 6) is -1.97. The minimum Gasteiger partial charge on any atom is -0.394 e. The summed E-state index contributed by atoms with van der Waals surface area (Å²) in [5.41, 5.74) is 6.76. The normalized spacial score (nSPS) is 14.1. The van der Waals surface area contributed by atoms with E-state index < -0.39 is 41.2 Å². The number of carbonyl (C=O) groups excluding carboxylic acids is 4. The Hall–Kier alpha value is -3.64. The summed E-state index contributed by atoms with van der Waals surface area (Å²) in [5, 5.41) is 24.3. The third kappa shape index (κ3) is 26.0. The van der Waals surface area contributed by atoms with Crippen molar-refractivity contribution in [3.8, 4) is 0 Å². The number of aliphatic hydroxyl groups excluding tert-OH is 2. The monoisotopic (exact) mass is 795 g/mol. The zero-order valence-corrected chi connectivity index (χ0v) is 34.7. The first-order chi connectivity index (χ1) is 26.5. The van der Waals surface area contributed by atoms with Gasteiger partial charge in [0.15, 0.2) is 0 Å². The van der Waals surface area contributed by atoms with Crippen molar-refractivity contribution in [3.63, 3.8) is 0 Å². The van der Waals surface area contributed by atoms with E-state index in [0.717, 1.165) is 50.5 Å². The Balaban J connectivity index is 2.49. The maximum Gasteiger partial charge on any atom is 0.240 e. The number of allylic oxidation sites excluding steroid dienone is 12. The molecule has 0 fully saturated rings. The van der Waals surface area contributed by atoms with Gasteiger partial charge in [0.05, 0.1) is 18.6 Å². The van der Waals surface area contributed by atoms with Gasteiger partial charge in [0.25, 0.3) is 0 Å². The molecule has 0 heterocycles. The van der Waals surface area contributed by atoms with Crippen molar-refractivity contribution in [3.05, 3.63) is 109 Å². The van der Waals surface area contributed by atoms with Crippen LogP contribution in [0.4, 0.5) is 0 Å². The molecule has 1 rings (SSSR count). The highest BCUT2D eigenvalue weighted by atomic mass is 33.1. The fraction of sp³-hybridized carbons (Fsp3) is 0.500. The fourth-order valence-corrected chi connectivity index (χ4v) is 8.09. The van der Waals surface area contributed by atoms with Crippen LogP contribution in [0.25, 0.3) is 0 Å². The van der Waals surface area contributed by atoms with Gasteiger partial charge < -0.3 is 26.6 Å². The van der Waals surface area contributed by atoms with Gasteiger partial charge in [-0.25, -0.2) is 0 Å². The van der Waals surface area contributed by atoms with Crippen LogP contribution in [-0.2, 0) is 25.6 Å². The molecule has 0 aliphatic carbocycles. The zero-order chi connectivity index (χ0) is 40.6. The summed E-state index contributed by atoms with van der Waals surface area (Å²) < 4.78 is -0.768. The lowest BCUT2D eigenvalue weighted by Crippen LogP contribution is -2.46. The van der Waals surface area contributed by atoms with Crippen LogP contribution in [0.3, 0.4) is 0 Å². The number of hydrogen-bond donors (Lipinski definition) is 5. The van der Waals surface area contributed by atoms with Crippen molar-refractivity contribution in [2.45, 2.75) is 115 Å². The van der Waals surface area contributed by atoms with Crippen LogP contribution in [0.1, 0.15) is 97.0 Å². The molecule has 0 radical (unpaired) electrons. The largest absolute Gasteiger partial charge is 0.394 e. The van der Waals surface area contributed by atoms with Gasteiger partial charge >= 0.3 is 0 Å². The highest BCUT2D eigenvalue weighted by Crippen LogP contribution is 2.43. The van der Waals surface area contributed by atoms with Crippen LogP contribution in [0, 0.1) is 5.92 Å². The Bertz CT molecular complexity index is 1420. The van der Waals surface area contributed by atoms with E-state index in [1.165, 1.54) is 21.6 Å². The molecule has 1 aromatic rings. The Morgan fingerprint density at radius 3 is 1.89 bits per heavy atom. The highest BCUT2D eigenvalue weighted by molar-refractivity contribution is 8.77. The van der Waals surface area contributed by atoms with Crippen molar-refractivity contribution in [2.75, 3.05) is 18.9 Å². The Morgan fingerprint density at radius 1 is 0.818 bits per heavy atom. The molecule has 3 amide bonds. The predicted octanol–water partition coefficient (Wildman–Crippen LogP) is 7.66. The average Bonchev–Trinajstić information content (AvgIpc) is 3.16. The number of primary amides is 1. The number of Topliss-reactive ketones (excluding diaryl/α,β-unsaturated/α-hetero) is 1. The molecule has 0 spiro atoms. The molecule has 0 saturated heterocycles. The van der Waals surface area contributed by atoms with E-state index in [4.69, 9.17) is 5.73 Å². The second kappa shape index (κ2) is 31.6. The van der Waals surface area contributed by atoms with E-state index >= 15 is 0 Å². The molecule has 1 aromatic carbocycles. The summed E-state index contributed by atoms with van der Waals surface area (Å²) >= 11 is 0. The van der Waals surface area contributed by atoms with E-state index in [0.29, 0.717) is 19.3 Å². The van der Waals surface area contributed by atoms with Crippen LogP contribution in [0.2, 0.25) is 0 Å². The lowest BCUT2D eigenvalue weighted by Gasteiger charge is -2.32. The molecule has 0 saturated carbocycles. The fourth-order valence-electron chi connectivity index (χ4n) is 5.15. The van der Waals surface area contributed by atoms with Crippen LogP contribution in [0.5, 0.6) is 0 Å². The molecular weight excluding hydrogens is 731 g/mol. The summed E-state index contributed by atoms with van der Waals surface area (Å²) in [7, 11) is 2.63. The third-order valence-electron chi connectivity index (χ3n) is 8.40. The number of aryl methyl sites for hydroxylation is 1. The van der Waals surface area contributed by atoms with Gasteiger partial charge in [-0.15, -0.1) is 0 Å². The standard InChI is InChI=1S/C44H65N3O6S2/c1-4-5-6-7-8-9-10-11-12-13-14-15-16-17-18-19-20-21-25-31-41(51)47-40(42(45)52)35-54-55-44(2,3)39(43(53)46-33-38(50)34-48)32-37(49)30-26-29-36-27-23-22-24-28-36/h5-6,8-9,11-12,14-15,17-18,20-24,27-28,38-40,48,50H,4,7,10,13,16,19,25-26,29-35H2,1-3H3,(H2,45,52)(H,46,53)(H,47,51)/b6-5-,9-8-,12-11-,15-14-,18-17-,21-20-/t38-,39-,40+/m1/s1. The molecule has 55 heavy (non-hydrogen) atoms. The van der Waals surface area contributed by atoms with Gasteiger partial charge in [0, 0.05) is 36.3 Å². The quantitative estimate of drug-likeness (QED) is 0.0379. The lowest BCUT2D eigenvalue weighted by atomic mass is 9.87. The second-order valence-electron chi connectivity index (χ2n) is 13.7. The molecular formula is C44H65N3O6S2. The van der Waals surface area contributed by atoms with Crippen molar-refractivity contribution < 1.29 is 29.4 Å². The van der Waals surface area contributed by atoms with E-state index in [1.807, 2.05) is 56.3 Å². The second-order valence-corrected chi connectivity index (χ2v) is 16.7. The molecule has 0 aliphatic rings. The molecule has 6 N–H and O–H groups in total. The van der Waals surface area contributed by atoms with Crippen molar-refractivity contribution in [1.29, 1.82) is 0 Å². The average molecular weight is 796 g/mol. The van der Waals surface area contributed by atoms with Gasteiger partial charge in [-0.3, -0.25) is 19.2 Å². The van der Waals surface area contributed by atoms with Crippen LogP contribution >= 0.6 is 21.6 Å². The highest BCUT2D eigenvalue weighted by Gasteiger charge is 2.38. The Kier molecular flexibility index (Phi) is 28.3. The summed E-state index contributed by atoms with van der Waals surface area (Å²) in [6.45, 7) is 5.18. The topological polar surface area (TPSA) is 159 Å². The smallest absolute Gasteiger partial charge is 0.240 e. The minimum absolute atomic E-state index is 0.000977. The first-order valence-electron chi connectivity index (χ1n) is 19.4. The molecule has 9 nitrogen and oxygen atoms in total. The molecule has 0 aliphatic heterocycles. The predicted molar refractivity (Wildman–Crippen MR) is 231 cm³/mol. The number of benzene rings is 1. The molecule has 0 aromatic heterocycles. The summed E-state index contributed by atoms with van der Waals surface area (Å²) in [4.78, 5) is 51.1. The number of nitrogens with two attached hydrogens (primary N) is 1. The van der Waals surface area contributed by atoms with Gasteiger partial charge in [0.2, 0.25) is 17.7 Å². The first kappa shape index (κ1) is 49.4. The summed E-state index contributed by atoms with van der Waals surface area (Å²) in [6.07, 6.45) is 32.5. The number of hydrogen-bond acceptors (Lipinski definition) is 8. The van der Waals surface area contributed by atoms with E-state index in [-0.39, 0.29) is 36.8 Å². The van der Waals surface area contributed by atoms with E-state index in [1.54, 1.807) is 0 Å². The van der Waals surface area contributed by atoms with E-state index in [2.05, 4.69) is 78.3 Å². The maximum absolute atomic E-state index is 13.3. The van der Waals surface area contributed by atoms with Crippen LogP contribution < -0.4 is 16.4 Å². The molecule has 0 bridgehead atoms. The number of amides is 3. The number of ketones is 1. The van der Waals surface area contributed by atoms with Crippen molar-refractivity contribution >= 4 is 45.1 Å². The Labute approximate surface area is 337 Å². The molecule has 304 valence electrons. The van der Waals surface area contributed by atoms with Gasteiger partial charge in [0.1, 0.15) is 11.8 Å². The molecule has 0 unspecified atom stereocenters. The van der Waals surface area contributed by atoms with Crippen LogP contribution in [0.15, 0.2) is 103 Å². The van der Waals surface area contributed by atoms with Crippen molar-refractivity contribution in [2.24, 2.45) is 11.7 Å². The number of aliphatic hydroxyl groups is 2. The zero-order valence-electron chi connectivity index (χ0n) is 33.1. The number of nitrogens with one attached hydrogen (secondary N) is 2. The van der Waals surface area contributed by atoms with Crippen LogP contribution in [-0.4, -0.2) is 69.5 Å². The van der Waals surface area contributed by atoms with Crippen molar-refractivity contribution in [1.82, 2.24) is 10.6 Å². The van der Waals surface area contributed by atoms with E-state index in [9.17, 15) is 29.4 Å². The van der Waals surface area contributed by atoms with Gasteiger partial charge in [-0.1, -0.05) is 132 Å². The molecule has 11 heteroatoms. The summed E-state index contributed by atoms with van der Waals surface area (Å²) in [6, 6.07) is 8.98. The Morgan fingerprint density at radius 2 is 1.36 bits per heavy atom. The molecule has 3 atom stereocenters.